The Bertz CT molecular complexity index is 1320. The maximum atomic E-state index is 12.9. The van der Waals surface area contributed by atoms with Crippen LogP contribution in [-0.4, -0.2) is 46.9 Å². The van der Waals surface area contributed by atoms with Gasteiger partial charge in [-0.3, -0.25) is 19.7 Å². The molecule has 0 bridgehead atoms. The lowest BCUT2D eigenvalue weighted by molar-refractivity contribution is -0.112. The number of hydrogen-bond acceptors (Lipinski definition) is 8. The molecule has 0 fully saturated rings. The highest BCUT2D eigenvalue weighted by Crippen LogP contribution is 2.39. The predicted octanol–water partition coefficient (Wildman–Crippen LogP) is 1.97. The van der Waals surface area contributed by atoms with E-state index in [4.69, 9.17) is 10.5 Å². The molecule has 11 heteroatoms. The van der Waals surface area contributed by atoms with E-state index in [0.29, 0.717) is 45.5 Å². The number of ether oxygens (including phenoxy) is 1. The molecule has 0 atom stereocenters. The second kappa shape index (κ2) is 7.38. The summed E-state index contributed by atoms with van der Waals surface area (Å²) < 4.78 is 6.42. The molecule has 2 aliphatic rings. The largest absolute Gasteiger partial charge is 0.496 e. The number of aromatic amines is 1. The molecule has 1 aromatic carbocycles. The first-order valence-corrected chi connectivity index (χ1v) is 10.1. The van der Waals surface area contributed by atoms with E-state index in [1.807, 2.05) is 12.1 Å². The molecule has 3 aromatic rings. The third-order valence-electron chi connectivity index (χ3n) is 4.95. The first-order valence-electron chi connectivity index (χ1n) is 9.28. The number of nitrogens with two attached hydrogens (primary N) is 1. The number of H-pyrrole nitrogens is 1. The summed E-state index contributed by atoms with van der Waals surface area (Å²) in [4.78, 5) is 29.2. The maximum Gasteiger partial charge on any atom is 0.258 e. The third kappa shape index (κ3) is 3.25. The van der Waals surface area contributed by atoms with E-state index in [2.05, 4.69) is 25.9 Å². The molecule has 0 aliphatic carbocycles. The van der Waals surface area contributed by atoms with Gasteiger partial charge >= 0.3 is 0 Å². The molecule has 0 saturated carbocycles. The van der Waals surface area contributed by atoms with Crippen molar-refractivity contribution in [2.75, 3.05) is 19.0 Å². The number of allylic oxidation sites excluding steroid dienone is 1. The average Bonchev–Trinajstić information content (AvgIpc) is 3.50. The zero-order chi connectivity index (χ0) is 21.5. The number of anilines is 1. The van der Waals surface area contributed by atoms with Gasteiger partial charge in [-0.25, -0.2) is 10.4 Å². The topological polar surface area (TPSA) is 138 Å². The van der Waals surface area contributed by atoms with Gasteiger partial charge in [0.05, 0.1) is 35.1 Å². The van der Waals surface area contributed by atoms with Gasteiger partial charge in [-0.2, -0.15) is 5.10 Å². The Morgan fingerprint density at radius 1 is 1.32 bits per heavy atom. The molecule has 4 heterocycles. The fourth-order valence-electron chi connectivity index (χ4n) is 3.48. The third-order valence-corrected chi connectivity index (χ3v) is 6.07. The maximum absolute atomic E-state index is 12.9. The first kappa shape index (κ1) is 19.0. The number of carbonyl (C=O) groups excluding carboxylic acids is 2. The van der Waals surface area contributed by atoms with Gasteiger partial charge in [-0.1, -0.05) is 0 Å². The number of primary amides is 1. The number of nitrogens with one attached hydrogen (secondary N) is 3. The lowest BCUT2D eigenvalue weighted by atomic mass is 10.1. The number of benzene rings is 1. The first-order chi connectivity index (χ1) is 15.0. The van der Waals surface area contributed by atoms with Crippen molar-refractivity contribution in [2.24, 2.45) is 10.7 Å². The second-order valence-corrected chi connectivity index (χ2v) is 7.89. The molecule has 0 spiro atoms. The van der Waals surface area contributed by atoms with Crippen LogP contribution in [0.3, 0.4) is 0 Å². The van der Waals surface area contributed by atoms with Crippen LogP contribution in [0.1, 0.15) is 9.67 Å². The van der Waals surface area contributed by atoms with Gasteiger partial charge in [0.25, 0.3) is 11.8 Å². The summed E-state index contributed by atoms with van der Waals surface area (Å²) in [6, 6.07) is 5.44. The van der Waals surface area contributed by atoms with Gasteiger partial charge in [0, 0.05) is 29.2 Å². The normalized spacial score (nSPS) is 14.9. The standard InChI is InChI=1S/C20H17N7O3S/c1-30-14-7-15-10(6-16(31-15)18(21)28)5-11(14)17-13(9-23-26-17)25-20(29)12-8-24-27-4-2-3-22-19(12)27/h2-7,9,24H,8H2,1H3,(H2,21,28)(H,23,26)(H,25,29). The van der Waals surface area contributed by atoms with Crippen LogP contribution in [0.4, 0.5) is 5.69 Å². The lowest BCUT2D eigenvalue weighted by Gasteiger charge is -2.15. The minimum atomic E-state index is -0.481. The molecule has 0 saturated heterocycles. The minimum Gasteiger partial charge on any atom is -0.496 e. The van der Waals surface area contributed by atoms with Crippen molar-refractivity contribution in [3.8, 4) is 17.0 Å². The Morgan fingerprint density at radius 2 is 2.19 bits per heavy atom. The molecule has 0 radical (unpaired) electrons. The van der Waals surface area contributed by atoms with Crippen molar-refractivity contribution < 1.29 is 14.3 Å². The SMILES string of the molecule is COc1cc2sc(C(N)=O)cc2cc1-c1[nH]ncc1NC(=O)C1=C2N=CC=CN2NC1. The second-order valence-electron chi connectivity index (χ2n) is 6.80. The van der Waals surface area contributed by atoms with Crippen molar-refractivity contribution in [1.82, 2.24) is 20.6 Å². The molecule has 10 nitrogen and oxygen atoms in total. The van der Waals surface area contributed by atoms with E-state index in [9.17, 15) is 9.59 Å². The van der Waals surface area contributed by atoms with Gasteiger partial charge in [-0.05, 0) is 29.7 Å². The average molecular weight is 435 g/mol. The van der Waals surface area contributed by atoms with Crippen LogP contribution in [0, 0.1) is 0 Å². The van der Waals surface area contributed by atoms with Crippen LogP contribution in [0.5, 0.6) is 5.75 Å². The van der Waals surface area contributed by atoms with Crippen LogP contribution < -0.4 is 21.2 Å². The van der Waals surface area contributed by atoms with E-state index in [1.54, 1.807) is 36.7 Å². The number of methoxy groups -OCH3 is 1. The van der Waals surface area contributed by atoms with Gasteiger partial charge in [0.2, 0.25) is 0 Å². The summed E-state index contributed by atoms with van der Waals surface area (Å²) in [5, 5.41) is 12.5. The van der Waals surface area contributed by atoms with E-state index in [-0.39, 0.29) is 5.91 Å². The Morgan fingerprint density at radius 3 is 3.00 bits per heavy atom. The predicted molar refractivity (Wildman–Crippen MR) is 118 cm³/mol. The molecule has 2 aromatic heterocycles. The highest BCUT2D eigenvalue weighted by atomic mass is 32.1. The number of carbonyl (C=O) groups is 2. The smallest absolute Gasteiger partial charge is 0.258 e. The summed E-state index contributed by atoms with van der Waals surface area (Å²) in [6.07, 6.45) is 6.75. The minimum absolute atomic E-state index is 0.285. The Kier molecular flexibility index (Phi) is 4.53. The number of thiophene rings is 1. The number of aromatic nitrogens is 2. The fraction of sp³-hybridized carbons (Fsp3) is 0.100. The van der Waals surface area contributed by atoms with E-state index in [1.165, 1.54) is 17.5 Å². The molecule has 0 unspecified atom stereocenters. The van der Waals surface area contributed by atoms with Gasteiger partial charge < -0.3 is 15.8 Å². The van der Waals surface area contributed by atoms with Crippen molar-refractivity contribution in [2.45, 2.75) is 0 Å². The number of fused-ring (bicyclic) bond motifs is 2. The van der Waals surface area contributed by atoms with E-state index < -0.39 is 5.91 Å². The highest BCUT2D eigenvalue weighted by molar-refractivity contribution is 7.20. The Labute approximate surface area is 180 Å². The van der Waals surface area contributed by atoms with E-state index >= 15 is 0 Å². The highest BCUT2D eigenvalue weighted by Gasteiger charge is 2.27. The summed E-state index contributed by atoms with van der Waals surface area (Å²) in [6.45, 7) is 0.357. The fourth-order valence-corrected chi connectivity index (χ4v) is 4.41. The lowest BCUT2D eigenvalue weighted by Crippen LogP contribution is -2.27. The molecule has 5 rings (SSSR count). The molecule has 31 heavy (non-hydrogen) atoms. The van der Waals surface area contributed by atoms with Crippen LogP contribution in [0.15, 0.2) is 53.1 Å². The summed E-state index contributed by atoms with van der Waals surface area (Å²) >= 11 is 1.30. The van der Waals surface area contributed by atoms with Crippen molar-refractivity contribution in [3.63, 3.8) is 0 Å². The number of nitrogens with zero attached hydrogens (tertiary/aromatic N) is 3. The Balaban J connectivity index is 1.51. The number of aliphatic imine (C=N–C) groups is 1. The molecular formula is C20H17N7O3S. The summed E-state index contributed by atoms with van der Waals surface area (Å²) in [7, 11) is 1.56. The number of rotatable bonds is 5. The van der Waals surface area contributed by atoms with Gasteiger partial charge in [0.15, 0.2) is 5.82 Å². The van der Waals surface area contributed by atoms with Crippen LogP contribution in [0.25, 0.3) is 21.3 Å². The Hall–Kier alpha value is -3.96. The number of amides is 2. The molecule has 2 aliphatic heterocycles. The van der Waals surface area contributed by atoms with Crippen LogP contribution >= 0.6 is 11.3 Å². The molecule has 2 amide bonds. The van der Waals surface area contributed by atoms with E-state index in [0.717, 1.165) is 10.1 Å². The quantitative estimate of drug-likeness (QED) is 0.483. The van der Waals surface area contributed by atoms with Gasteiger partial charge in [-0.15, -0.1) is 11.3 Å². The zero-order valence-electron chi connectivity index (χ0n) is 16.3. The number of hydrogen-bond donors (Lipinski definition) is 4. The molecular weight excluding hydrogens is 418 g/mol. The molecule has 5 N–H and O–H groups in total. The van der Waals surface area contributed by atoms with Crippen LogP contribution in [0.2, 0.25) is 0 Å². The van der Waals surface area contributed by atoms with Crippen molar-refractivity contribution >= 4 is 45.1 Å². The molecule has 156 valence electrons. The van der Waals surface area contributed by atoms with Crippen LogP contribution in [-0.2, 0) is 4.79 Å². The zero-order valence-corrected chi connectivity index (χ0v) is 17.1. The number of hydrazine groups is 1. The van der Waals surface area contributed by atoms with Gasteiger partial charge in [0.1, 0.15) is 5.75 Å². The van der Waals surface area contributed by atoms with Crippen molar-refractivity contribution in [3.05, 3.63) is 52.9 Å². The monoisotopic (exact) mass is 435 g/mol. The summed E-state index contributed by atoms with van der Waals surface area (Å²) in [5.41, 5.74) is 10.8. The van der Waals surface area contributed by atoms with Crippen molar-refractivity contribution in [1.29, 1.82) is 0 Å². The summed E-state index contributed by atoms with van der Waals surface area (Å²) in [5.74, 6) is 0.362.